The Balaban J connectivity index is 1.20. The molecule has 3 aliphatic rings. The Kier molecular flexibility index (Phi) is 10.0. The molecule has 0 spiro atoms. The van der Waals surface area contributed by atoms with Crippen molar-refractivity contribution in [2.45, 2.75) is 13.3 Å². The molecule has 0 unspecified atom stereocenters. The van der Waals surface area contributed by atoms with Crippen molar-refractivity contribution < 1.29 is 14.3 Å². The molecule has 0 bridgehead atoms. The third kappa shape index (κ3) is 7.14. The second kappa shape index (κ2) is 13.2. The van der Waals surface area contributed by atoms with Gasteiger partial charge in [-0.25, -0.2) is 0 Å². The predicted octanol–water partition coefficient (Wildman–Crippen LogP) is 3.81. The van der Waals surface area contributed by atoms with Crippen LogP contribution in [0, 0.1) is 5.92 Å². The molecule has 6 nitrogen and oxygen atoms in total. The number of carbonyl (C=O) groups excluding carboxylic acids is 2. The van der Waals surface area contributed by atoms with E-state index in [4.69, 9.17) is 4.74 Å². The summed E-state index contributed by atoms with van der Waals surface area (Å²) < 4.78 is 11.0. The standard InChI is InChI=1S/C26H33I2N3O3/c1-21(27-25-5-2-4-23(25)20-32)28-10-14-31(15-11-28)24-8-6-22(7-9-24)26(33)29-12-3-13-30-16-18-34-19-17-30/h2,4-9,20H,3,10-19H2,1H3/p+1. The van der Waals surface area contributed by atoms with Crippen LogP contribution in [-0.2, 0) is 9.53 Å². The van der Waals surface area contributed by atoms with Gasteiger partial charge in [-0.1, -0.05) is 0 Å². The Hall–Kier alpha value is -1.24. The van der Waals surface area contributed by atoms with Crippen molar-refractivity contribution in [3.63, 3.8) is 0 Å². The van der Waals surface area contributed by atoms with Gasteiger partial charge in [0.2, 0.25) is 0 Å². The van der Waals surface area contributed by atoms with Gasteiger partial charge in [0, 0.05) is 13.1 Å². The van der Waals surface area contributed by atoms with Crippen LogP contribution in [0.15, 0.2) is 46.1 Å². The van der Waals surface area contributed by atoms with Crippen molar-refractivity contribution in [3.8, 4) is 0 Å². The molecule has 2 fully saturated rings. The molecule has 0 aromatic heterocycles. The number of nitrogens with zero attached hydrogens (tertiary/aromatic N) is 2. The summed E-state index contributed by atoms with van der Waals surface area (Å²) in [5.41, 5.74) is 1.95. The number of amides is 1. The molecule has 2 saturated heterocycles. The van der Waals surface area contributed by atoms with Gasteiger partial charge in [-0.2, -0.15) is 0 Å². The molecule has 1 aliphatic carbocycles. The SMILES string of the molecule is CC(=IC1=CC=C[C+]1C=O)I1CCN(c2ccc(C(=O)NCCCN3CCOCC3)cc2)CC1. The van der Waals surface area contributed by atoms with Gasteiger partial charge in [-0.05, 0) is 0 Å². The van der Waals surface area contributed by atoms with E-state index in [2.05, 4.69) is 40.2 Å². The zero-order chi connectivity index (χ0) is 23.8. The van der Waals surface area contributed by atoms with Crippen molar-refractivity contribution in [1.29, 1.82) is 0 Å². The molecular formula is C26H34I2N3O3+. The number of carbonyl (C=O) groups is 2. The Morgan fingerprint density at radius 2 is 1.91 bits per heavy atom. The topological polar surface area (TPSA) is 61.9 Å². The molecule has 2 heterocycles. The van der Waals surface area contributed by atoms with Crippen LogP contribution in [0.4, 0.5) is 5.69 Å². The maximum atomic E-state index is 12.5. The van der Waals surface area contributed by atoms with Crippen LogP contribution >= 0.6 is 40.6 Å². The molecule has 0 radical (unpaired) electrons. The molecule has 34 heavy (non-hydrogen) atoms. The second-order valence-corrected chi connectivity index (χ2v) is 20.2. The summed E-state index contributed by atoms with van der Waals surface area (Å²) in [5, 5.41) is 3.06. The molecule has 0 atom stereocenters. The van der Waals surface area contributed by atoms with Crippen molar-refractivity contribution in [2.75, 3.05) is 66.2 Å². The van der Waals surface area contributed by atoms with Gasteiger partial charge in [-0.3, -0.25) is 4.90 Å². The van der Waals surface area contributed by atoms with Crippen LogP contribution in [0.1, 0.15) is 23.7 Å². The number of anilines is 1. The monoisotopic (exact) mass is 690 g/mol. The van der Waals surface area contributed by atoms with Gasteiger partial charge in [0.05, 0.1) is 13.2 Å². The molecule has 0 saturated carbocycles. The van der Waals surface area contributed by atoms with Gasteiger partial charge in [-0.15, -0.1) is 0 Å². The van der Waals surface area contributed by atoms with Gasteiger partial charge in [0.25, 0.3) is 0 Å². The first-order valence-corrected chi connectivity index (χ1v) is 18.2. The van der Waals surface area contributed by atoms with E-state index in [9.17, 15) is 9.59 Å². The molecule has 184 valence electrons. The number of morpholine rings is 1. The number of alkyl halides is 2. The van der Waals surface area contributed by atoms with Gasteiger partial charge in [0.15, 0.2) is 0 Å². The second-order valence-electron chi connectivity index (χ2n) is 8.42. The van der Waals surface area contributed by atoms with E-state index in [1.54, 1.807) is 1.52 Å². The third-order valence-corrected chi connectivity index (χ3v) is 19.4. The molecular weight excluding hydrogens is 656 g/mol. The molecule has 1 aromatic carbocycles. The van der Waals surface area contributed by atoms with Crippen molar-refractivity contribution in [2.24, 2.45) is 0 Å². The van der Waals surface area contributed by atoms with E-state index in [0.717, 1.165) is 70.1 Å². The van der Waals surface area contributed by atoms with E-state index in [1.165, 1.54) is 18.1 Å². The van der Waals surface area contributed by atoms with Crippen LogP contribution in [0.2, 0.25) is 0 Å². The predicted molar refractivity (Wildman–Crippen MR) is 158 cm³/mol. The van der Waals surface area contributed by atoms with E-state index < -0.39 is 19.8 Å². The van der Waals surface area contributed by atoms with Crippen LogP contribution in [0.25, 0.3) is 0 Å². The number of hydrogen-bond acceptors (Lipinski definition) is 5. The summed E-state index contributed by atoms with van der Waals surface area (Å²) in [6, 6.07) is 8.10. The van der Waals surface area contributed by atoms with E-state index in [-0.39, 0.29) is 26.6 Å². The Labute approximate surface area is 220 Å². The van der Waals surface area contributed by atoms with E-state index in [1.807, 2.05) is 24.3 Å². The number of hydrogen-bond donors (Lipinski definition) is 1. The van der Waals surface area contributed by atoms with E-state index in [0.29, 0.717) is 6.54 Å². The number of nitrogens with one attached hydrogen (secondary N) is 1. The van der Waals surface area contributed by atoms with Crippen LogP contribution in [0.5, 0.6) is 0 Å². The number of halogens is 2. The number of aldehydes is 1. The molecule has 1 amide bonds. The molecule has 1 N–H and O–H groups in total. The van der Waals surface area contributed by atoms with Crippen LogP contribution < -0.4 is 10.2 Å². The van der Waals surface area contributed by atoms with Crippen LogP contribution in [0.3, 0.4) is 0 Å². The Bertz CT molecular complexity index is 931. The summed E-state index contributed by atoms with van der Waals surface area (Å²) in [4.78, 5) is 28.6. The first-order chi connectivity index (χ1) is 16.6. The van der Waals surface area contributed by atoms with Crippen LogP contribution in [-0.4, -0.2) is 79.9 Å². The number of ether oxygens (including phenoxy) is 1. The average Bonchev–Trinajstić information content (AvgIpc) is 3.34. The van der Waals surface area contributed by atoms with Crippen molar-refractivity contribution >= 4 is 59.9 Å². The summed E-state index contributed by atoms with van der Waals surface area (Å²) in [5.74, 6) is 0.903. The minimum absolute atomic E-state index is 0.0111. The Morgan fingerprint density at radius 1 is 1.18 bits per heavy atom. The molecule has 8 heteroatoms. The number of allylic oxidation sites excluding steroid dienone is 4. The first kappa shape index (κ1) is 25.8. The van der Waals surface area contributed by atoms with Crippen molar-refractivity contribution in [1.82, 2.24) is 10.2 Å². The quantitative estimate of drug-likeness (QED) is 0.141. The first-order valence-electron chi connectivity index (χ1n) is 11.9. The zero-order valence-electron chi connectivity index (χ0n) is 19.8. The Morgan fingerprint density at radius 3 is 2.62 bits per heavy atom. The fraction of sp³-hybridized carbons (Fsp3) is 0.462. The fourth-order valence-corrected chi connectivity index (χ4v) is 16.8. The normalized spacial score (nSPS) is 20.7. The summed E-state index contributed by atoms with van der Waals surface area (Å²) >= 11 is -1.23. The maximum absolute atomic E-state index is 12.5. The zero-order valence-corrected chi connectivity index (χ0v) is 24.1. The summed E-state index contributed by atoms with van der Waals surface area (Å²) in [6.45, 7) is 9.86. The minimum atomic E-state index is -1.07. The van der Waals surface area contributed by atoms with Crippen molar-refractivity contribution in [3.05, 3.63) is 57.6 Å². The average molecular weight is 690 g/mol. The summed E-state index contributed by atoms with van der Waals surface area (Å²) in [6.07, 6.45) is 8.05. The van der Waals surface area contributed by atoms with Gasteiger partial charge >= 0.3 is 186 Å². The number of rotatable bonds is 9. The summed E-state index contributed by atoms with van der Waals surface area (Å²) in [7, 11) is 0. The van der Waals surface area contributed by atoms with Gasteiger partial charge in [0.1, 0.15) is 0 Å². The third-order valence-electron chi connectivity index (χ3n) is 6.22. The molecule has 4 rings (SSSR count). The molecule has 2 aliphatic heterocycles. The fourth-order valence-electron chi connectivity index (χ4n) is 4.17. The van der Waals surface area contributed by atoms with E-state index >= 15 is 0 Å². The molecule has 1 aromatic rings. The number of benzene rings is 1. The van der Waals surface area contributed by atoms with Gasteiger partial charge < -0.3 is 4.74 Å².